The van der Waals surface area contributed by atoms with Crippen molar-refractivity contribution < 1.29 is 9.53 Å². The number of aromatic amines is 1. The highest BCUT2D eigenvalue weighted by Gasteiger charge is 2.03. The van der Waals surface area contributed by atoms with Gasteiger partial charge in [0.2, 0.25) is 0 Å². The predicted molar refractivity (Wildman–Crippen MR) is 76.6 cm³/mol. The molecule has 1 aromatic carbocycles. The minimum absolute atomic E-state index is 0.0314. The van der Waals surface area contributed by atoms with E-state index < -0.39 is 0 Å². The number of amides is 1. The van der Waals surface area contributed by atoms with Crippen LogP contribution in [0.2, 0.25) is 0 Å². The Balaban J connectivity index is 1.66. The number of ether oxygens (including phenoxy) is 1. The van der Waals surface area contributed by atoms with Crippen molar-refractivity contribution in [3.63, 3.8) is 0 Å². The molecule has 106 valence electrons. The average Bonchev–Trinajstić information content (AvgIpc) is 2.99. The van der Waals surface area contributed by atoms with Crippen LogP contribution in [0.15, 0.2) is 36.7 Å². The fraction of sp³-hybridized carbons (Fsp3) is 0.333. The third-order valence-corrected chi connectivity index (χ3v) is 2.94. The molecule has 0 aliphatic carbocycles. The van der Waals surface area contributed by atoms with Crippen molar-refractivity contribution >= 4 is 5.91 Å². The van der Waals surface area contributed by atoms with Crippen molar-refractivity contribution in [1.29, 1.82) is 0 Å². The number of imidazole rings is 1. The van der Waals surface area contributed by atoms with E-state index in [1.54, 1.807) is 12.4 Å². The van der Waals surface area contributed by atoms with Crippen LogP contribution in [0.3, 0.4) is 0 Å². The van der Waals surface area contributed by atoms with Crippen LogP contribution in [0, 0.1) is 0 Å². The molecule has 5 heteroatoms. The summed E-state index contributed by atoms with van der Waals surface area (Å²) in [6.45, 7) is 2.68. The van der Waals surface area contributed by atoms with Gasteiger partial charge in [0.25, 0.3) is 5.91 Å². The lowest BCUT2D eigenvalue weighted by atomic mass is 10.2. The zero-order chi connectivity index (χ0) is 14.2. The molecule has 0 atom stereocenters. The number of H-pyrrole nitrogens is 1. The topological polar surface area (TPSA) is 67.0 Å². The summed E-state index contributed by atoms with van der Waals surface area (Å²) in [4.78, 5) is 18.7. The number of rotatable bonds is 7. The lowest BCUT2D eigenvalue weighted by Gasteiger charge is -2.07. The van der Waals surface area contributed by atoms with Gasteiger partial charge in [-0.3, -0.25) is 4.79 Å². The van der Waals surface area contributed by atoms with Crippen LogP contribution in [0.4, 0.5) is 0 Å². The summed E-state index contributed by atoms with van der Waals surface area (Å²) in [5.74, 6) is 1.45. The van der Waals surface area contributed by atoms with Gasteiger partial charge in [-0.05, 0) is 24.1 Å². The Morgan fingerprint density at radius 2 is 2.15 bits per heavy atom. The van der Waals surface area contributed by atoms with E-state index in [1.807, 2.05) is 24.3 Å². The number of carbonyl (C=O) groups excluding carboxylic acids is 1. The first-order valence-electron chi connectivity index (χ1n) is 6.74. The largest absolute Gasteiger partial charge is 0.484 e. The first kappa shape index (κ1) is 14.1. The molecule has 2 rings (SSSR count). The highest BCUT2D eigenvalue weighted by atomic mass is 16.5. The lowest BCUT2D eigenvalue weighted by Crippen LogP contribution is -2.30. The van der Waals surface area contributed by atoms with Gasteiger partial charge in [0, 0.05) is 25.4 Å². The molecule has 0 radical (unpaired) electrons. The summed E-state index contributed by atoms with van der Waals surface area (Å²) < 4.78 is 5.42. The van der Waals surface area contributed by atoms with Gasteiger partial charge in [-0.1, -0.05) is 19.1 Å². The van der Waals surface area contributed by atoms with E-state index >= 15 is 0 Å². The maximum atomic E-state index is 11.6. The van der Waals surface area contributed by atoms with E-state index in [2.05, 4.69) is 22.2 Å². The molecule has 0 bridgehead atoms. The molecule has 0 saturated heterocycles. The Morgan fingerprint density at radius 3 is 2.80 bits per heavy atom. The minimum atomic E-state index is -0.129. The summed E-state index contributed by atoms with van der Waals surface area (Å²) in [6.07, 6.45) is 5.14. The summed E-state index contributed by atoms with van der Waals surface area (Å²) in [7, 11) is 0. The Labute approximate surface area is 118 Å². The van der Waals surface area contributed by atoms with E-state index in [9.17, 15) is 4.79 Å². The van der Waals surface area contributed by atoms with Crippen LogP contribution < -0.4 is 10.1 Å². The van der Waals surface area contributed by atoms with Crippen LogP contribution >= 0.6 is 0 Å². The molecule has 5 nitrogen and oxygen atoms in total. The van der Waals surface area contributed by atoms with E-state index in [0.29, 0.717) is 18.7 Å². The zero-order valence-electron chi connectivity index (χ0n) is 11.6. The quantitative estimate of drug-likeness (QED) is 0.807. The van der Waals surface area contributed by atoms with Crippen molar-refractivity contribution in [1.82, 2.24) is 15.3 Å². The molecule has 0 saturated carbocycles. The number of aryl methyl sites for hydroxylation is 1. The number of nitrogens with zero attached hydrogens (tertiary/aromatic N) is 1. The first-order valence-corrected chi connectivity index (χ1v) is 6.74. The van der Waals surface area contributed by atoms with E-state index in [-0.39, 0.29) is 12.5 Å². The lowest BCUT2D eigenvalue weighted by molar-refractivity contribution is -0.123. The molecule has 0 aliphatic rings. The van der Waals surface area contributed by atoms with Crippen LogP contribution in [-0.4, -0.2) is 29.0 Å². The van der Waals surface area contributed by atoms with Crippen LogP contribution in [0.25, 0.3) is 0 Å². The Hall–Kier alpha value is -2.30. The van der Waals surface area contributed by atoms with Gasteiger partial charge in [0.05, 0.1) is 0 Å². The summed E-state index contributed by atoms with van der Waals surface area (Å²) in [5.41, 5.74) is 1.25. The Bertz CT molecular complexity index is 521. The van der Waals surface area contributed by atoms with Crippen LogP contribution in [-0.2, 0) is 17.6 Å². The second-order valence-corrected chi connectivity index (χ2v) is 4.42. The molecule has 1 heterocycles. The van der Waals surface area contributed by atoms with Crippen molar-refractivity contribution in [3.05, 3.63) is 48.0 Å². The molecule has 0 unspecified atom stereocenters. The monoisotopic (exact) mass is 273 g/mol. The van der Waals surface area contributed by atoms with Gasteiger partial charge >= 0.3 is 0 Å². The number of aromatic nitrogens is 2. The number of hydrogen-bond acceptors (Lipinski definition) is 3. The molecule has 1 aromatic heterocycles. The smallest absolute Gasteiger partial charge is 0.257 e. The van der Waals surface area contributed by atoms with Crippen LogP contribution in [0.5, 0.6) is 5.75 Å². The predicted octanol–water partition coefficient (Wildman–Crippen LogP) is 1.71. The van der Waals surface area contributed by atoms with Gasteiger partial charge in [0.15, 0.2) is 6.61 Å². The van der Waals surface area contributed by atoms with E-state index in [4.69, 9.17) is 4.74 Å². The van der Waals surface area contributed by atoms with Gasteiger partial charge in [0.1, 0.15) is 11.6 Å². The number of benzene rings is 1. The zero-order valence-corrected chi connectivity index (χ0v) is 11.6. The maximum absolute atomic E-state index is 11.6. The molecule has 20 heavy (non-hydrogen) atoms. The summed E-state index contributed by atoms with van der Waals surface area (Å²) >= 11 is 0. The highest BCUT2D eigenvalue weighted by molar-refractivity contribution is 5.77. The molecule has 2 N–H and O–H groups in total. The molecule has 1 amide bonds. The van der Waals surface area contributed by atoms with Gasteiger partial charge in [-0.2, -0.15) is 0 Å². The fourth-order valence-electron chi connectivity index (χ4n) is 1.78. The van der Waals surface area contributed by atoms with Crippen molar-refractivity contribution in [2.24, 2.45) is 0 Å². The van der Waals surface area contributed by atoms with Crippen molar-refractivity contribution in [3.8, 4) is 5.75 Å². The van der Waals surface area contributed by atoms with Crippen molar-refractivity contribution in [2.45, 2.75) is 19.8 Å². The number of nitrogens with one attached hydrogen (secondary N) is 2. The molecule has 2 aromatic rings. The SMILES string of the molecule is CCc1ccc(OCC(=O)NCCc2ncc[nH]2)cc1. The van der Waals surface area contributed by atoms with Gasteiger partial charge < -0.3 is 15.0 Å². The summed E-state index contributed by atoms with van der Waals surface area (Å²) in [6, 6.07) is 7.78. The Morgan fingerprint density at radius 1 is 1.35 bits per heavy atom. The van der Waals surface area contributed by atoms with Crippen LogP contribution in [0.1, 0.15) is 18.3 Å². The minimum Gasteiger partial charge on any atom is -0.484 e. The molecular weight excluding hydrogens is 254 g/mol. The maximum Gasteiger partial charge on any atom is 0.257 e. The third kappa shape index (κ3) is 4.42. The second-order valence-electron chi connectivity index (χ2n) is 4.42. The van der Waals surface area contributed by atoms with E-state index in [0.717, 1.165) is 12.2 Å². The summed E-state index contributed by atoms with van der Waals surface area (Å²) in [5, 5.41) is 2.79. The molecule has 0 aliphatic heterocycles. The fourth-order valence-corrected chi connectivity index (χ4v) is 1.78. The third-order valence-electron chi connectivity index (χ3n) is 2.94. The second kappa shape index (κ2) is 7.33. The Kier molecular flexibility index (Phi) is 5.17. The number of hydrogen-bond donors (Lipinski definition) is 2. The average molecular weight is 273 g/mol. The first-order chi connectivity index (χ1) is 9.78. The highest BCUT2D eigenvalue weighted by Crippen LogP contribution is 2.12. The molecular formula is C15H19N3O2. The van der Waals surface area contributed by atoms with Gasteiger partial charge in [-0.15, -0.1) is 0 Å². The molecule has 0 spiro atoms. The normalized spacial score (nSPS) is 10.2. The van der Waals surface area contributed by atoms with E-state index in [1.165, 1.54) is 5.56 Å². The molecule has 0 fully saturated rings. The standard InChI is InChI=1S/C15H19N3O2/c1-2-12-3-5-13(6-4-12)20-11-15(19)18-8-7-14-16-9-10-17-14/h3-6,9-10H,2,7-8,11H2,1H3,(H,16,17)(H,18,19). The van der Waals surface area contributed by atoms with Gasteiger partial charge in [-0.25, -0.2) is 4.98 Å². The van der Waals surface area contributed by atoms with Crippen molar-refractivity contribution in [2.75, 3.05) is 13.2 Å². The number of carbonyl (C=O) groups is 1.